The summed E-state index contributed by atoms with van der Waals surface area (Å²) in [4.78, 5) is 4.85. The Morgan fingerprint density at radius 3 is 2.37 bits per heavy atom. The molecule has 1 aliphatic rings. The van der Waals surface area contributed by atoms with Gasteiger partial charge >= 0.3 is 0 Å². The van der Waals surface area contributed by atoms with E-state index in [1.165, 1.54) is 45.3 Å². The first-order valence-corrected chi connectivity index (χ1v) is 10.8. The average Bonchev–Trinajstić information content (AvgIpc) is 3.08. The molecule has 0 saturated carbocycles. The summed E-state index contributed by atoms with van der Waals surface area (Å²) in [5, 5.41) is 1.42. The normalized spacial score (nSPS) is 16.9. The third kappa shape index (κ3) is 3.95. The van der Waals surface area contributed by atoms with Crippen LogP contribution >= 0.6 is 11.9 Å². The number of hydrogen-bond acceptors (Lipinski definition) is 2. The number of nitrogens with zero attached hydrogens (tertiary/aromatic N) is 1. The van der Waals surface area contributed by atoms with Gasteiger partial charge in [0.15, 0.2) is 0 Å². The zero-order chi connectivity index (χ0) is 19.0. The van der Waals surface area contributed by atoms with Crippen molar-refractivity contribution in [1.29, 1.82) is 0 Å². The lowest BCUT2D eigenvalue weighted by Crippen LogP contribution is -2.27. The summed E-state index contributed by atoms with van der Waals surface area (Å²) in [5.41, 5.74) is 5.78. The Morgan fingerprint density at radius 2 is 1.70 bits per heavy atom. The van der Waals surface area contributed by atoms with E-state index < -0.39 is 0 Å². The first-order chi connectivity index (χ1) is 12.9. The van der Waals surface area contributed by atoms with E-state index in [2.05, 4.69) is 85.6 Å². The molecule has 1 aliphatic heterocycles. The van der Waals surface area contributed by atoms with Crippen LogP contribution in [-0.4, -0.2) is 22.4 Å². The van der Waals surface area contributed by atoms with Crippen molar-refractivity contribution in [3.05, 3.63) is 65.4 Å². The summed E-state index contributed by atoms with van der Waals surface area (Å²) in [6, 6.07) is 15.8. The summed E-state index contributed by atoms with van der Waals surface area (Å²) in [6.45, 7) is 11.3. The van der Waals surface area contributed by atoms with E-state index >= 15 is 0 Å². The number of aryl methyl sites for hydroxylation is 1. The summed E-state index contributed by atoms with van der Waals surface area (Å²) in [6.07, 6.45) is 4.71. The Labute approximate surface area is 167 Å². The number of benzene rings is 2. The van der Waals surface area contributed by atoms with E-state index in [4.69, 9.17) is 0 Å². The van der Waals surface area contributed by atoms with Crippen molar-refractivity contribution in [3.63, 3.8) is 0 Å². The number of aromatic nitrogens is 1. The summed E-state index contributed by atoms with van der Waals surface area (Å²) < 4.78 is 2.53. The topological polar surface area (TPSA) is 19.0 Å². The Morgan fingerprint density at radius 1 is 1.00 bits per heavy atom. The monoisotopic (exact) mass is 378 g/mol. The Hall–Kier alpha value is -1.71. The molecule has 0 spiro atoms. The van der Waals surface area contributed by atoms with Crippen molar-refractivity contribution >= 4 is 22.9 Å². The minimum Gasteiger partial charge on any atom is -0.361 e. The highest BCUT2D eigenvalue weighted by molar-refractivity contribution is 7.97. The summed E-state index contributed by atoms with van der Waals surface area (Å²) in [7, 11) is 0. The van der Waals surface area contributed by atoms with Gasteiger partial charge in [-0.05, 0) is 71.9 Å². The fourth-order valence-corrected chi connectivity index (χ4v) is 5.04. The van der Waals surface area contributed by atoms with Crippen LogP contribution < -0.4 is 0 Å². The highest BCUT2D eigenvalue weighted by Crippen LogP contribution is 2.37. The van der Waals surface area contributed by atoms with Gasteiger partial charge in [0, 0.05) is 35.1 Å². The van der Waals surface area contributed by atoms with Gasteiger partial charge < -0.3 is 4.98 Å². The highest BCUT2D eigenvalue weighted by atomic mass is 32.2. The van der Waals surface area contributed by atoms with Crippen LogP contribution in [0.2, 0.25) is 0 Å². The number of aromatic amines is 1. The molecule has 0 unspecified atom stereocenters. The number of piperidine rings is 1. The zero-order valence-corrected chi connectivity index (χ0v) is 17.7. The molecule has 4 rings (SSSR count). The predicted octanol–water partition coefficient (Wildman–Crippen LogP) is 6.66. The number of fused-ring (bicyclic) bond motifs is 1. The molecule has 0 aliphatic carbocycles. The first kappa shape index (κ1) is 18.6. The van der Waals surface area contributed by atoms with Gasteiger partial charge in [-0.3, -0.25) is 0 Å². The Bertz CT molecular complexity index is 910. The number of H-pyrrole nitrogens is 1. The van der Waals surface area contributed by atoms with Gasteiger partial charge in [-0.15, -0.1) is 0 Å². The van der Waals surface area contributed by atoms with Crippen LogP contribution in [0.25, 0.3) is 10.9 Å². The smallest absolute Gasteiger partial charge is 0.0486 e. The summed E-state index contributed by atoms with van der Waals surface area (Å²) in [5.74, 6) is 0.667. The van der Waals surface area contributed by atoms with Crippen LogP contribution in [0.3, 0.4) is 0 Å². The maximum Gasteiger partial charge on any atom is 0.0486 e. The largest absolute Gasteiger partial charge is 0.361 e. The highest BCUT2D eigenvalue weighted by Gasteiger charge is 2.23. The molecule has 2 heterocycles. The number of rotatable bonds is 3. The Balaban J connectivity index is 1.39. The van der Waals surface area contributed by atoms with E-state index in [1.807, 2.05) is 11.9 Å². The Kier molecular flexibility index (Phi) is 5.09. The molecule has 1 saturated heterocycles. The van der Waals surface area contributed by atoms with Crippen LogP contribution in [0, 0.1) is 6.92 Å². The second-order valence-corrected chi connectivity index (χ2v) is 9.98. The van der Waals surface area contributed by atoms with Crippen molar-refractivity contribution in [2.24, 2.45) is 0 Å². The first-order valence-electron chi connectivity index (χ1n) is 10.0. The standard InChI is InChI=1S/C24H30N2S/c1-17-6-5-7-21-22(16-25-23(17)21)18-12-14-26(15-13-18)27-20-10-8-19(9-11-20)24(2,3)4/h5-11,16,18,25H,12-15H2,1-4H3. The van der Waals surface area contributed by atoms with Gasteiger partial charge in [-0.2, -0.15) is 0 Å². The van der Waals surface area contributed by atoms with Crippen molar-refractivity contribution < 1.29 is 0 Å². The average molecular weight is 379 g/mol. The minimum absolute atomic E-state index is 0.221. The van der Waals surface area contributed by atoms with Crippen molar-refractivity contribution in [3.8, 4) is 0 Å². The van der Waals surface area contributed by atoms with E-state index in [1.54, 1.807) is 0 Å². The molecule has 3 heteroatoms. The second kappa shape index (κ2) is 7.37. The second-order valence-electron chi connectivity index (χ2n) is 8.81. The molecule has 2 nitrogen and oxygen atoms in total. The molecule has 0 bridgehead atoms. The predicted molar refractivity (Wildman–Crippen MR) is 118 cm³/mol. The van der Waals surface area contributed by atoms with Crippen LogP contribution in [0.4, 0.5) is 0 Å². The lowest BCUT2D eigenvalue weighted by Gasteiger charge is -2.31. The molecule has 142 valence electrons. The molecular formula is C24H30N2S. The lowest BCUT2D eigenvalue weighted by atomic mass is 9.87. The van der Waals surface area contributed by atoms with Crippen molar-refractivity contribution in [1.82, 2.24) is 9.29 Å². The molecule has 2 aromatic carbocycles. The maximum absolute atomic E-state index is 3.50. The fraction of sp³-hybridized carbons (Fsp3) is 0.417. The van der Waals surface area contributed by atoms with Crippen LogP contribution in [-0.2, 0) is 5.41 Å². The third-order valence-corrected chi connectivity index (χ3v) is 6.91. The zero-order valence-electron chi connectivity index (χ0n) is 16.9. The van der Waals surface area contributed by atoms with Crippen LogP contribution in [0.1, 0.15) is 56.2 Å². The van der Waals surface area contributed by atoms with Gasteiger partial charge in [-0.25, -0.2) is 4.31 Å². The van der Waals surface area contributed by atoms with Crippen molar-refractivity contribution in [2.75, 3.05) is 13.1 Å². The number of para-hydroxylation sites is 1. The molecule has 1 N–H and O–H groups in total. The minimum atomic E-state index is 0.221. The molecule has 0 radical (unpaired) electrons. The molecule has 27 heavy (non-hydrogen) atoms. The van der Waals surface area contributed by atoms with Gasteiger partial charge in [0.1, 0.15) is 0 Å². The van der Waals surface area contributed by atoms with Crippen LogP contribution in [0.5, 0.6) is 0 Å². The van der Waals surface area contributed by atoms with E-state index in [9.17, 15) is 0 Å². The quantitative estimate of drug-likeness (QED) is 0.514. The van der Waals surface area contributed by atoms with Gasteiger partial charge in [0.05, 0.1) is 0 Å². The lowest BCUT2D eigenvalue weighted by molar-refractivity contribution is 0.347. The molecule has 1 aromatic heterocycles. The number of hydrogen-bond donors (Lipinski definition) is 1. The molecule has 0 atom stereocenters. The fourth-order valence-electron chi connectivity index (χ4n) is 4.09. The number of nitrogens with one attached hydrogen (secondary N) is 1. The van der Waals surface area contributed by atoms with Gasteiger partial charge in [0.2, 0.25) is 0 Å². The van der Waals surface area contributed by atoms with Crippen molar-refractivity contribution in [2.45, 2.75) is 56.8 Å². The SMILES string of the molecule is Cc1cccc2c(C3CCN(Sc4ccc(C(C)(C)C)cc4)CC3)c[nH]c12. The molecular weight excluding hydrogens is 348 g/mol. The third-order valence-electron chi connectivity index (χ3n) is 5.80. The van der Waals surface area contributed by atoms with E-state index in [-0.39, 0.29) is 5.41 Å². The van der Waals surface area contributed by atoms with E-state index in [0.29, 0.717) is 5.92 Å². The van der Waals surface area contributed by atoms with Gasteiger partial charge in [0.25, 0.3) is 0 Å². The van der Waals surface area contributed by atoms with E-state index in [0.717, 1.165) is 13.1 Å². The van der Waals surface area contributed by atoms with Crippen LogP contribution in [0.15, 0.2) is 53.6 Å². The molecule has 1 fully saturated rings. The molecule has 3 aromatic rings. The van der Waals surface area contributed by atoms with Gasteiger partial charge in [-0.1, -0.05) is 51.1 Å². The molecule has 0 amide bonds. The maximum atomic E-state index is 3.50. The summed E-state index contributed by atoms with van der Waals surface area (Å²) >= 11 is 1.91.